The summed E-state index contributed by atoms with van der Waals surface area (Å²) in [5.74, 6) is -0.923. The quantitative estimate of drug-likeness (QED) is 0.0816. The van der Waals surface area contributed by atoms with Crippen LogP contribution in [0.5, 0.6) is 11.5 Å². The molecule has 17 heteroatoms. The molecule has 0 radical (unpaired) electrons. The number of likely N-dealkylation sites (tertiary alicyclic amines) is 1. The van der Waals surface area contributed by atoms with Crippen molar-refractivity contribution >= 4 is 46.9 Å². The molecule has 0 aliphatic carbocycles. The number of nitrogens with one attached hydrogen (secondary N) is 2. The molecule has 2 aliphatic heterocycles. The molecular formula is C51H60Cl2N8O7. The standard InChI is InChI=1S/C51H60Cl2N8O7/c1-33(55-28-37-12-17-40(53)25-44(37)68-41-18-13-36(14-19-41)42-29-56-45(59(42)6)30-58(4)5)48(65)61-43(31-67-50(61,2)3)47(64)57-51(26-34-10-15-39(52)16-11-34)20-8-22-60(32-51)49(66)38(24-46(62)63)23-35-9-7-21-54-27-35/h7,9-19,21,25,27,29,33,38,43,55H,8,20,22-24,26,28,30-32H2,1-6H3,(H,57,64)(H,62,63)/t33?,38?,43-,51+/m0/s1. The fraction of sp³-hybridized carbons (Fsp3) is 0.412. The van der Waals surface area contributed by atoms with Crippen LogP contribution in [0.3, 0.4) is 0 Å². The highest BCUT2D eigenvalue weighted by atomic mass is 35.5. The highest BCUT2D eigenvalue weighted by molar-refractivity contribution is 6.31. The Morgan fingerprint density at radius 3 is 2.40 bits per heavy atom. The Balaban J connectivity index is 1.06. The molecule has 2 saturated heterocycles. The average Bonchev–Trinajstić information content (AvgIpc) is 3.83. The number of ether oxygens (including phenoxy) is 2. The van der Waals surface area contributed by atoms with Gasteiger partial charge < -0.3 is 39.6 Å². The minimum atomic E-state index is -1.13. The van der Waals surface area contributed by atoms with Crippen LogP contribution in [0, 0.1) is 5.92 Å². The van der Waals surface area contributed by atoms with Gasteiger partial charge in [0.05, 0.1) is 49.0 Å². The van der Waals surface area contributed by atoms with Crippen LogP contribution in [-0.2, 0) is 56.9 Å². The Hall–Kier alpha value is -5.84. The molecule has 2 aromatic heterocycles. The minimum absolute atomic E-state index is 0.0471. The Labute approximate surface area is 407 Å². The Morgan fingerprint density at radius 1 is 0.971 bits per heavy atom. The molecule has 360 valence electrons. The van der Waals surface area contributed by atoms with Crippen LogP contribution in [0.4, 0.5) is 0 Å². The summed E-state index contributed by atoms with van der Waals surface area (Å²) in [7, 11) is 6.01. The lowest BCUT2D eigenvalue weighted by molar-refractivity contribution is -0.152. The normalized spacial score (nSPS) is 18.9. The monoisotopic (exact) mass is 966 g/mol. The third kappa shape index (κ3) is 12.2. The maximum absolute atomic E-state index is 14.7. The molecule has 3 amide bonds. The molecule has 5 aromatic rings. The van der Waals surface area contributed by atoms with Gasteiger partial charge in [-0.05, 0) is 126 Å². The van der Waals surface area contributed by atoms with Gasteiger partial charge in [0, 0.05) is 60.2 Å². The number of amides is 3. The van der Waals surface area contributed by atoms with E-state index in [1.807, 2.05) is 75.9 Å². The van der Waals surface area contributed by atoms with Crippen LogP contribution < -0.4 is 15.4 Å². The molecule has 0 bridgehead atoms. The number of carbonyl (C=O) groups excluding carboxylic acids is 3. The van der Waals surface area contributed by atoms with Gasteiger partial charge in [-0.15, -0.1) is 0 Å². The second kappa shape index (κ2) is 21.6. The predicted molar refractivity (Wildman–Crippen MR) is 260 cm³/mol. The third-order valence-corrected chi connectivity index (χ3v) is 13.1. The molecule has 2 fully saturated rings. The SMILES string of the molecule is CC(NCc1ccc(Cl)cc1Oc1ccc(-c2cnc(CN(C)C)n2C)cc1)C(=O)N1[C@H](C(=O)N[C@@]2(Cc3ccc(Cl)cc3)CCCN(C(=O)C(CC(=O)O)Cc3cccnc3)C2)COC1(C)C. The van der Waals surface area contributed by atoms with E-state index >= 15 is 0 Å². The third-order valence-electron chi connectivity index (χ3n) is 12.7. The van der Waals surface area contributed by atoms with Crippen LogP contribution in [0.15, 0.2) is 97.5 Å². The maximum atomic E-state index is 14.7. The molecule has 0 saturated carbocycles. The largest absolute Gasteiger partial charge is 0.481 e. The molecule has 3 aromatic carbocycles. The number of hydrogen-bond acceptors (Lipinski definition) is 10. The summed E-state index contributed by atoms with van der Waals surface area (Å²) in [6, 6.07) is 22.2. The van der Waals surface area contributed by atoms with E-state index in [0.29, 0.717) is 47.4 Å². The van der Waals surface area contributed by atoms with Crippen LogP contribution in [-0.4, -0.2) is 115 Å². The number of halogens is 2. The first-order valence-electron chi connectivity index (χ1n) is 22.8. The maximum Gasteiger partial charge on any atom is 0.304 e. The van der Waals surface area contributed by atoms with Gasteiger partial charge in [0.2, 0.25) is 17.7 Å². The van der Waals surface area contributed by atoms with Gasteiger partial charge in [0.1, 0.15) is 29.1 Å². The van der Waals surface area contributed by atoms with Gasteiger partial charge >= 0.3 is 5.97 Å². The molecule has 2 aliphatic rings. The van der Waals surface area contributed by atoms with Crippen LogP contribution in [0.2, 0.25) is 10.0 Å². The molecular weight excluding hydrogens is 908 g/mol. The summed E-state index contributed by atoms with van der Waals surface area (Å²) in [6.45, 7) is 6.70. The second-order valence-corrected chi connectivity index (χ2v) is 19.5. The van der Waals surface area contributed by atoms with Gasteiger partial charge in [-0.25, -0.2) is 4.98 Å². The lowest BCUT2D eigenvalue weighted by Gasteiger charge is -2.45. The van der Waals surface area contributed by atoms with E-state index in [9.17, 15) is 24.3 Å². The summed E-state index contributed by atoms with van der Waals surface area (Å²) in [6.07, 6.45) is 6.40. The summed E-state index contributed by atoms with van der Waals surface area (Å²) < 4.78 is 14.6. The fourth-order valence-electron chi connectivity index (χ4n) is 9.18. The van der Waals surface area contributed by atoms with E-state index in [4.69, 9.17) is 32.7 Å². The molecule has 7 rings (SSSR count). The van der Waals surface area contributed by atoms with Gasteiger partial charge in [0.25, 0.3) is 0 Å². The van der Waals surface area contributed by atoms with E-state index in [1.165, 1.54) is 4.90 Å². The van der Waals surface area contributed by atoms with Crippen molar-refractivity contribution < 1.29 is 33.8 Å². The van der Waals surface area contributed by atoms with E-state index in [-0.39, 0.29) is 44.4 Å². The number of hydrogen-bond donors (Lipinski definition) is 3. The highest BCUT2D eigenvalue weighted by Crippen LogP contribution is 2.34. The first kappa shape index (κ1) is 50.0. The Bertz CT molecular complexity index is 2570. The van der Waals surface area contributed by atoms with Crippen LogP contribution in [0.25, 0.3) is 11.3 Å². The Kier molecular flexibility index (Phi) is 15.9. The van der Waals surface area contributed by atoms with Crippen LogP contribution in [0.1, 0.15) is 62.5 Å². The molecule has 0 spiro atoms. The summed E-state index contributed by atoms with van der Waals surface area (Å²) in [4.78, 5) is 69.5. The molecule has 68 heavy (non-hydrogen) atoms. The van der Waals surface area contributed by atoms with Crippen molar-refractivity contribution in [2.75, 3.05) is 33.8 Å². The number of imidazole rings is 1. The first-order chi connectivity index (χ1) is 32.4. The molecule has 2 unspecified atom stereocenters. The number of rotatable bonds is 18. The van der Waals surface area contributed by atoms with Crippen molar-refractivity contribution in [3.63, 3.8) is 0 Å². The zero-order chi connectivity index (χ0) is 48.8. The van der Waals surface area contributed by atoms with Crippen LogP contribution >= 0.6 is 23.2 Å². The molecule has 15 nitrogen and oxygen atoms in total. The topological polar surface area (TPSA) is 171 Å². The number of benzene rings is 3. The number of carboxylic acids is 1. The minimum Gasteiger partial charge on any atom is -0.481 e. The van der Waals surface area contributed by atoms with Crippen molar-refractivity contribution in [2.24, 2.45) is 13.0 Å². The predicted octanol–water partition coefficient (Wildman–Crippen LogP) is 7.14. The average molecular weight is 968 g/mol. The van der Waals surface area contributed by atoms with Crippen molar-refractivity contribution in [1.29, 1.82) is 0 Å². The number of carboxylic acid groups (broad SMARTS) is 1. The number of nitrogens with zero attached hydrogens (tertiary/aromatic N) is 6. The first-order valence-corrected chi connectivity index (χ1v) is 23.5. The number of aliphatic carboxylic acids is 1. The fourth-order valence-corrected chi connectivity index (χ4v) is 9.46. The smallest absolute Gasteiger partial charge is 0.304 e. The molecule has 4 atom stereocenters. The van der Waals surface area contributed by atoms with Crippen molar-refractivity contribution in [2.45, 2.75) is 89.3 Å². The molecule has 3 N–H and O–H groups in total. The number of piperidine rings is 1. The van der Waals surface area contributed by atoms with Gasteiger partial charge in [0.15, 0.2) is 0 Å². The van der Waals surface area contributed by atoms with E-state index in [2.05, 4.69) is 30.1 Å². The van der Waals surface area contributed by atoms with Gasteiger partial charge in [-0.2, -0.15) is 0 Å². The van der Waals surface area contributed by atoms with Gasteiger partial charge in [-0.3, -0.25) is 29.1 Å². The zero-order valence-corrected chi connectivity index (χ0v) is 40.9. The summed E-state index contributed by atoms with van der Waals surface area (Å²) in [5, 5.41) is 17.5. The van der Waals surface area contributed by atoms with Crippen molar-refractivity contribution in [1.82, 2.24) is 39.9 Å². The summed E-state index contributed by atoms with van der Waals surface area (Å²) in [5.41, 5.74) is 2.27. The zero-order valence-electron chi connectivity index (χ0n) is 39.4. The second-order valence-electron chi connectivity index (χ2n) is 18.6. The number of aromatic nitrogens is 3. The van der Waals surface area contributed by atoms with E-state index in [1.54, 1.807) is 68.4 Å². The lowest BCUT2D eigenvalue weighted by Crippen LogP contribution is -2.65. The van der Waals surface area contributed by atoms with Crippen molar-refractivity contribution in [3.05, 3.63) is 130 Å². The lowest BCUT2D eigenvalue weighted by atomic mass is 9.82. The van der Waals surface area contributed by atoms with E-state index in [0.717, 1.165) is 40.3 Å². The highest BCUT2D eigenvalue weighted by Gasteiger charge is 2.50. The van der Waals surface area contributed by atoms with Gasteiger partial charge in [-0.1, -0.05) is 47.5 Å². The summed E-state index contributed by atoms with van der Waals surface area (Å²) >= 11 is 12.7. The van der Waals surface area contributed by atoms with E-state index < -0.39 is 41.1 Å². The Morgan fingerprint density at radius 2 is 1.71 bits per heavy atom. The number of carbonyl (C=O) groups is 4. The number of pyridine rings is 1. The van der Waals surface area contributed by atoms with Crippen molar-refractivity contribution in [3.8, 4) is 22.8 Å². The molecule has 4 heterocycles.